The molecule has 0 aromatic rings. The van der Waals surface area contributed by atoms with Gasteiger partial charge in [0.05, 0.1) is 5.92 Å². The molecule has 0 aromatic carbocycles. The van der Waals surface area contributed by atoms with Gasteiger partial charge in [-0.3, -0.25) is 14.4 Å². The summed E-state index contributed by atoms with van der Waals surface area (Å²) >= 11 is 0. The summed E-state index contributed by atoms with van der Waals surface area (Å²) in [6.07, 6.45) is 8.90. The zero-order chi connectivity index (χ0) is 25.7. The van der Waals surface area contributed by atoms with Crippen molar-refractivity contribution in [3.63, 3.8) is 0 Å². The fourth-order valence-corrected chi connectivity index (χ4v) is 9.63. The van der Waals surface area contributed by atoms with E-state index >= 15 is 0 Å². The molecule has 1 unspecified atom stereocenters. The van der Waals surface area contributed by atoms with Gasteiger partial charge >= 0.3 is 17.9 Å². The summed E-state index contributed by atoms with van der Waals surface area (Å²) in [4.78, 5) is 35.4. The molecule has 0 amide bonds. The Hall–Kier alpha value is -1.59. The first kappa shape index (κ1) is 26.5. The van der Waals surface area contributed by atoms with E-state index in [-0.39, 0.29) is 40.9 Å². The summed E-state index contributed by atoms with van der Waals surface area (Å²) in [5.74, 6) is 1.21. The van der Waals surface area contributed by atoms with Gasteiger partial charge in [-0.15, -0.1) is 0 Å². The van der Waals surface area contributed by atoms with Gasteiger partial charge in [0, 0.05) is 19.8 Å². The van der Waals surface area contributed by atoms with E-state index < -0.39 is 5.97 Å². The lowest BCUT2D eigenvalue weighted by molar-refractivity contribution is -0.197. The minimum Gasteiger partial charge on any atom is -0.481 e. The smallest absolute Gasteiger partial charge is 0.306 e. The summed E-state index contributed by atoms with van der Waals surface area (Å²) in [7, 11) is 0. The van der Waals surface area contributed by atoms with Crippen LogP contribution >= 0.6 is 0 Å². The highest BCUT2D eigenvalue weighted by molar-refractivity contribution is 5.69. The number of carboxylic acids is 1. The minimum absolute atomic E-state index is 0.0260. The SMILES string of the molecule is CC(=O)O[C@@H]1CC[C@@]2(C)[C@@H](C1)C[C@H](OC(C)=O)[C@@H]1[C@@H]2CC[C@]2(C)[C@@H]([C@H](C)CC(C)C(=O)O)CC[C@@H]12. The van der Waals surface area contributed by atoms with E-state index in [1.165, 1.54) is 13.8 Å². The Labute approximate surface area is 210 Å². The molecule has 0 spiro atoms. The third kappa shape index (κ3) is 4.75. The Morgan fingerprint density at radius 2 is 1.51 bits per heavy atom. The third-order valence-corrected chi connectivity index (χ3v) is 11.2. The molecule has 0 saturated heterocycles. The molecule has 4 rings (SSSR count). The topological polar surface area (TPSA) is 89.9 Å². The quantitative estimate of drug-likeness (QED) is 0.469. The number of carboxylic acid groups (broad SMARTS) is 1. The second-order valence-electron chi connectivity index (χ2n) is 13.1. The van der Waals surface area contributed by atoms with Crippen molar-refractivity contribution in [1.29, 1.82) is 0 Å². The van der Waals surface area contributed by atoms with Gasteiger partial charge in [-0.05, 0) is 98.2 Å². The van der Waals surface area contributed by atoms with Crippen molar-refractivity contribution < 1.29 is 29.0 Å². The van der Waals surface area contributed by atoms with E-state index in [0.717, 1.165) is 57.8 Å². The van der Waals surface area contributed by atoms with Gasteiger partial charge in [0.1, 0.15) is 12.2 Å². The summed E-state index contributed by atoms with van der Waals surface area (Å²) in [6.45, 7) is 12.0. The lowest BCUT2D eigenvalue weighted by atomic mass is 9.43. The average molecular weight is 491 g/mol. The molecule has 4 fully saturated rings. The van der Waals surface area contributed by atoms with E-state index in [4.69, 9.17) is 9.47 Å². The fraction of sp³-hybridized carbons (Fsp3) is 0.897. The molecule has 0 aliphatic heterocycles. The van der Waals surface area contributed by atoms with Crippen LogP contribution in [0.25, 0.3) is 0 Å². The third-order valence-electron chi connectivity index (χ3n) is 11.2. The number of fused-ring (bicyclic) bond motifs is 5. The van der Waals surface area contributed by atoms with Crippen LogP contribution in [-0.2, 0) is 23.9 Å². The van der Waals surface area contributed by atoms with Gasteiger partial charge in [0.2, 0.25) is 0 Å². The molecule has 6 heteroatoms. The van der Waals surface area contributed by atoms with Crippen LogP contribution in [0.5, 0.6) is 0 Å². The lowest BCUT2D eigenvalue weighted by Gasteiger charge is -2.62. The van der Waals surface area contributed by atoms with Crippen molar-refractivity contribution in [3.8, 4) is 0 Å². The highest BCUT2D eigenvalue weighted by Gasteiger charge is 2.64. The van der Waals surface area contributed by atoms with Crippen molar-refractivity contribution in [2.24, 2.45) is 52.3 Å². The van der Waals surface area contributed by atoms with Crippen LogP contribution in [0.1, 0.15) is 99.3 Å². The molecule has 4 saturated carbocycles. The highest BCUT2D eigenvalue weighted by Crippen LogP contribution is 2.69. The monoisotopic (exact) mass is 490 g/mol. The largest absolute Gasteiger partial charge is 0.481 e. The van der Waals surface area contributed by atoms with Gasteiger partial charge in [0.15, 0.2) is 0 Å². The number of carbonyl (C=O) groups excluding carboxylic acids is 2. The molecule has 0 bridgehead atoms. The first-order valence-corrected chi connectivity index (χ1v) is 13.9. The van der Waals surface area contributed by atoms with Gasteiger partial charge in [-0.2, -0.15) is 0 Å². The van der Waals surface area contributed by atoms with Gasteiger partial charge in [-0.1, -0.05) is 27.7 Å². The number of rotatable bonds is 6. The molecular weight excluding hydrogens is 444 g/mol. The first-order valence-electron chi connectivity index (χ1n) is 13.9. The standard InChI is InChI=1S/C29H46O6/c1-16(13-17(2)27(32)33)22-7-8-23-26-24(10-12-29(22,23)6)28(5)11-9-21(34-18(3)30)14-20(28)15-25(26)35-19(4)31/h16-17,20-26H,7-15H2,1-6H3,(H,32,33)/t16-,17?,20+,21-,22-,23+,24+,25+,26+,28+,29-/m1/s1. The maximum atomic E-state index is 12.2. The zero-order valence-electron chi connectivity index (χ0n) is 22.5. The van der Waals surface area contributed by atoms with E-state index in [9.17, 15) is 19.5 Å². The summed E-state index contributed by atoms with van der Waals surface area (Å²) in [5.41, 5.74) is 0.343. The number of esters is 2. The van der Waals surface area contributed by atoms with E-state index in [2.05, 4.69) is 20.8 Å². The summed E-state index contributed by atoms with van der Waals surface area (Å²) in [5, 5.41) is 9.47. The second-order valence-corrected chi connectivity index (χ2v) is 13.1. The average Bonchev–Trinajstić information content (AvgIpc) is 3.11. The predicted molar refractivity (Wildman–Crippen MR) is 132 cm³/mol. The maximum absolute atomic E-state index is 12.2. The van der Waals surface area contributed by atoms with Crippen LogP contribution in [0.3, 0.4) is 0 Å². The van der Waals surface area contributed by atoms with E-state index in [1.54, 1.807) is 0 Å². The fourth-order valence-electron chi connectivity index (χ4n) is 9.63. The van der Waals surface area contributed by atoms with Crippen LogP contribution in [0, 0.1) is 52.3 Å². The molecule has 0 aromatic heterocycles. The molecule has 0 radical (unpaired) electrons. The molecule has 35 heavy (non-hydrogen) atoms. The summed E-state index contributed by atoms with van der Waals surface area (Å²) in [6, 6.07) is 0. The van der Waals surface area contributed by atoms with Crippen molar-refractivity contribution in [2.75, 3.05) is 0 Å². The number of aliphatic carboxylic acids is 1. The Morgan fingerprint density at radius 3 is 2.14 bits per heavy atom. The number of carbonyl (C=O) groups is 3. The van der Waals surface area contributed by atoms with Crippen LogP contribution in [0.4, 0.5) is 0 Å². The number of ether oxygens (including phenoxy) is 2. The van der Waals surface area contributed by atoms with Gasteiger partial charge < -0.3 is 14.6 Å². The predicted octanol–water partition coefficient (Wildman–Crippen LogP) is 5.87. The maximum Gasteiger partial charge on any atom is 0.306 e. The zero-order valence-corrected chi connectivity index (χ0v) is 22.5. The lowest BCUT2D eigenvalue weighted by Crippen LogP contribution is -2.59. The number of hydrogen-bond donors (Lipinski definition) is 1. The Balaban J connectivity index is 1.60. The molecule has 1 N–H and O–H groups in total. The Kier molecular flexibility index (Phi) is 7.34. The van der Waals surface area contributed by atoms with Crippen LogP contribution < -0.4 is 0 Å². The van der Waals surface area contributed by atoms with Crippen molar-refractivity contribution in [3.05, 3.63) is 0 Å². The molecular formula is C29H46O6. The second kappa shape index (κ2) is 9.70. The van der Waals surface area contributed by atoms with Crippen LogP contribution in [-0.4, -0.2) is 35.2 Å². The van der Waals surface area contributed by atoms with E-state index in [0.29, 0.717) is 35.5 Å². The number of hydrogen-bond acceptors (Lipinski definition) is 5. The van der Waals surface area contributed by atoms with Crippen LogP contribution in [0.2, 0.25) is 0 Å². The van der Waals surface area contributed by atoms with Gasteiger partial charge in [0.25, 0.3) is 0 Å². The molecule has 0 heterocycles. The highest BCUT2D eigenvalue weighted by atomic mass is 16.5. The Morgan fingerprint density at radius 1 is 0.886 bits per heavy atom. The molecule has 4 aliphatic carbocycles. The van der Waals surface area contributed by atoms with Gasteiger partial charge in [-0.25, -0.2) is 0 Å². The van der Waals surface area contributed by atoms with Crippen LogP contribution in [0.15, 0.2) is 0 Å². The summed E-state index contributed by atoms with van der Waals surface area (Å²) < 4.78 is 11.7. The first-order chi connectivity index (χ1) is 16.4. The van der Waals surface area contributed by atoms with Crippen molar-refractivity contribution in [1.82, 2.24) is 0 Å². The van der Waals surface area contributed by atoms with E-state index in [1.807, 2.05) is 6.92 Å². The molecule has 198 valence electrons. The Bertz CT molecular complexity index is 839. The minimum atomic E-state index is -0.703. The molecule has 6 nitrogen and oxygen atoms in total. The molecule has 4 aliphatic rings. The molecule has 11 atom stereocenters. The van der Waals surface area contributed by atoms with Crippen molar-refractivity contribution in [2.45, 2.75) is 112 Å². The van der Waals surface area contributed by atoms with Crippen molar-refractivity contribution >= 4 is 17.9 Å². The normalized spacial score (nSPS) is 44.2.